The van der Waals surface area contributed by atoms with Crippen molar-refractivity contribution in [1.29, 1.82) is 0 Å². The van der Waals surface area contributed by atoms with Crippen LogP contribution in [0, 0.1) is 0 Å². The largest absolute Gasteiger partial charge is 0.461 e. The van der Waals surface area contributed by atoms with Crippen LogP contribution >= 0.6 is 0 Å². The van der Waals surface area contributed by atoms with Gasteiger partial charge in [0.2, 0.25) is 5.71 Å². The highest BCUT2D eigenvalue weighted by Crippen LogP contribution is 2.19. The summed E-state index contributed by atoms with van der Waals surface area (Å²) in [7, 11) is 0. The zero-order valence-corrected chi connectivity index (χ0v) is 10.4. The molecule has 0 fully saturated rings. The molecule has 0 N–H and O–H groups in total. The van der Waals surface area contributed by atoms with Crippen molar-refractivity contribution >= 4 is 17.8 Å². The lowest BCUT2D eigenvalue weighted by Gasteiger charge is -2.18. The van der Waals surface area contributed by atoms with Crippen molar-refractivity contribution in [2.45, 2.75) is 39.5 Å². The molecule has 0 aromatic heterocycles. The molecule has 0 radical (unpaired) electrons. The number of rotatable bonds is 2. The molecule has 1 amide bonds. The van der Waals surface area contributed by atoms with Crippen molar-refractivity contribution in [3.63, 3.8) is 0 Å². The highest BCUT2D eigenvalue weighted by atomic mass is 19.4. The van der Waals surface area contributed by atoms with Gasteiger partial charge in [0.25, 0.3) is 0 Å². The highest BCUT2D eigenvalue weighted by molar-refractivity contribution is 6.40. The van der Waals surface area contributed by atoms with E-state index in [9.17, 15) is 22.8 Å². The number of alkyl halides is 3. The number of amides is 1. The number of halogens is 3. The number of aliphatic imine (C=N–C) groups is 1. The second-order valence-corrected chi connectivity index (χ2v) is 4.16. The maximum atomic E-state index is 12.4. The topological polar surface area (TPSA) is 65.0 Å². The van der Waals surface area contributed by atoms with Crippen LogP contribution in [-0.2, 0) is 14.3 Å². The normalized spacial score (nSPS) is 13.2. The van der Waals surface area contributed by atoms with Crippen molar-refractivity contribution in [3.8, 4) is 0 Å². The fraction of sp³-hybridized carbons (Fsp3) is 0.700. The maximum absolute atomic E-state index is 12.4. The molecule has 0 heterocycles. The number of carbonyl (C=O) groups excluding carboxylic acids is 2. The van der Waals surface area contributed by atoms with Crippen LogP contribution in [-0.4, -0.2) is 36.2 Å². The molecule has 0 aliphatic rings. The molecule has 0 rings (SSSR count). The van der Waals surface area contributed by atoms with Gasteiger partial charge in [-0.3, -0.25) is 0 Å². The molecule has 0 spiro atoms. The molecule has 0 bridgehead atoms. The summed E-state index contributed by atoms with van der Waals surface area (Å²) in [5.74, 6) is -1.71. The Hall–Kier alpha value is -1.60. The van der Waals surface area contributed by atoms with Gasteiger partial charge in [-0.2, -0.15) is 18.2 Å². The van der Waals surface area contributed by atoms with E-state index in [-0.39, 0.29) is 6.61 Å². The fourth-order valence-electron chi connectivity index (χ4n) is 0.800. The molecule has 0 aliphatic carbocycles. The Kier molecular flexibility index (Phi) is 5.31. The van der Waals surface area contributed by atoms with Crippen LogP contribution in [0.25, 0.3) is 0 Å². The van der Waals surface area contributed by atoms with Crippen LogP contribution in [0.15, 0.2) is 4.99 Å². The van der Waals surface area contributed by atoms with Crippen LogP contribution in [0.5, 0.6) is 0 Å². The molecular weight excluding hydrogens is 255 g/mol. The third kappa shape index (κ3) is 6.21. The van der Waals surface area contributed by atoms with Gasteiger partial charge in [0, 0.05) is 0 Å². The Labute approximate surface area is 102 Å². The quantitative estimate of drug-likeness (QED) is 0.570. The van der Waals surface area contributed by atoms with Gasteiger partial charge in [0.1, 0.15) is 5.60 Å². The van der Waals surface area contributed by atoms with E-state index in [1.807, 2.05) is 0 Å². The lowest BCUT2D eigenvalue weighted by atomic mass is 10.2. The van der Waals surface area contributed by atoms with Crippen molar-refractivity contribution in [2.75, 3.05) is 6.61 Å². The summed E-state index contributed by atoms with van der Waals surface area (Å²) < 4.78 is 46.1. The zero-order valence-electron chi connectivity index (χ0n) is 10.4. The number of esters is 1. The van der Waals surface area contributed by atoms with Crippen LogP contribution < -0.4 is 0 Å². The molecule has 0 atom stereocenters. The fourth-order valence-corrected chi connectivity index (χ4v) is 0.800. The molecule has 18 heavy (non-hydrogen) atoms. The third-order valence-electron chi connectivity index (χ3n) is 1.33. The number of carbonyl (C=O) groups is 2. The summed E-state index contributed by atoms with van der Waals surface area (Å²) >= 11 is 0. The molecule has 0 saturated heterocycles. The van der Waals surface area contributed by atoms with E-state index < -0.39 is 29.6 Å². The first-order valence-electron chi connectivity index (χ1n) is 5.03. The predicted octanol–water partition coefficient (Wildman–Crippen LogP) is 2.49. The number of ether oxygens (including phenoxy) is 2. The molecule has 0 aromatic carbocycles. The van der Waals surface area contributed by atoms with Crippen molar-refractivity contribution < 1.29 is 32.2 Å². The van der Waals surface area contributed by atoms with Gasteiger partial charge in [-0.1, -0.05) is 0 Å². The lowest BCUT2D eigenvalue weighted by Crippen LogP contribution is -2.34. The van der Waals surface area contributed by atoms with E-state index in [0.29, 0.717) is 0 Å². The number of hydrogen-bond donors (Lipinski definition) is 0. The van der Waals surface area contributed by atoms with E-state index in [2.05, 4.69) is 14.5 Å². The Balaban J connectivity index is 5.10. The molecular formula is C10H14F3NO4. The molecule has 0 aromatic rings. The second-order valence-electron chi connectivity index (χ2n) is 4.16. The van der Waals surface area contributed by atoms with E-state index in [1.54, 1.807) is 0 Å². The minimum Gasteiger partial charge on any atom is -0.461 e. The zero-order chi connectivity index (χ0) is 14.6. The smallest absolute Gasteiger partial charge is 0.440 e. The third-order valence-corrected chi connectivity index (χ3v) is 1.33. The van der Waals surface area contributed by atoms with Crippen molar-refractivity contribution in [3.05, 3.63) is 0 Å². The van der Waals surface area contributed by atoms with Gasteiger partial charge in [-0.15, -0.1) is 0 Å². The van der Waals surface area contributed by atoms with Gasteiger partial charge < -0.3 is 9.47 Å². The Morgan fingerprint density at radius 3 is 2.00 bits per heavy atom. The predicted molar refractivity (Wildman–Crippen MR) is 56.4 cm³/mol. The Bertz CT molecular complexity index is 355. The van der Waals surface area contributed by atoms with E-state index >= 15 is 0 Å². The summed E-state index contributed by atoms with van der Waals surface area (Å²) in [5, 5.41) is 0. The SMILES string of the molecule is CCOC(=O)C(=NC(=O)OC(C)(C)C)C(F)(F)F. The summed E-state index contributed by atoms with van der Waals surface area (Å²) in [6, 6.07) is 0. The van der Waals surface area contributed by atoms with Gasteiger partial charge in [0.15, 0.2) is 0 Å². The first-order chi connectivity index (χ1) is 7.97. The second kappa shape index (κ2) is 5.83. The average Bonchev–Trinajstić information content (AvgIpc) is 2.09. The van der Waals surface area contributed by atoms with Crippen molar-refractivity contribution in [2.24, 2.45) is 4.99 Å². The first kappa shape index (κ1) is 16.4. The minimum absolute atomic E-state index is 0.262. The van der Waals surface area contributed by atoms with E-state index in [1.165, 1.54) is 27.7 Å². The molecule has 8 heteroatoms. The summed E-state index contributed by atoms with van der Waals surface area (Å²) in [4.78, 5) is 24.7. The monoisotopic (exact) mass is 269 g/mol. The van der Waals surface area contributed by atoms with Gasteiger partial charge in [-0.05, 0) is 27.7 Å². The highest BCUT2D eigenvalue weighted by Gasteiger charge is 2.43. The van der Waals surface area contributed by atoms with Crippen LogP contribution in [0.1, 0.15) is 27.7 Å². The van der Waals surface area contributed by atoms with Crippen LogP contribution in [0.2, 0.25) is 0 Å². The number of nitrogens with zero attached hydrogens (tertiary/aromatic N) is 1. The Morgan fingerprint density at radius 1 is 1.17 bits per heavy atom. The van der Waals surface area contributed by atoms with Crippen molar-refractivity contribution in [1.82, 2.24) is 0 Å². The summed E-state index contributed by atoms with van der Waals surface area (Å²) in [6.45, 7) is 5.44. The summed E-state index contributed by atoms with van der Waals surface area (Å²) in [5.41, 5.74) is -2.94. The number of hydrogen-bond acceptors (Lipinski definition) is 4. The molecule has 0 saturated carbocycles. The molecule has 0 unspecified atom stereocenters. The van der Waals surface area contributed by atoms with E-state index in [0.717, 1.165) is 0 Å². The van der Waals surface area contributed by atoms with Gasteiger partial charge in [0.05, 0.1) is 6.61 Å². The summed E-state index contributed by atoms with van der Waals surface area (Å²) in [6.07, 6.45) is -6.58. The lowest BCUT2D eigenvalue weighted by molar-refractivity contribution is -0.139. The molecule has 104 valence electrons. The minimum atomic E-state index is -5.08. The van der Waals surface area contributed by atoms with E-state index in [4.69, 9.17) is 0 Å². The Morgan fingerprint density at radius 2 is 1.67 bits per heavy atom. The molecule has 0 aliphatic heterocycles. The first-order valence-corrected chi connectivity index (χ1v) is 5.03. The van der Waals surface area contributed by atoms with Crippen LogP contribution in [0.3, 0.4) is 0 Å². The van der Waals surface area contributed by atoms with Gasteiger partial charge in [-0.25, -0.2) is 9.59 Å². The molecule has 5 nitrogen and oxygen atoms in total. The van der Waals surface area contributed by atoms with Gasteiger partial charge >= 0.3 is 18.2 Å². The standard InChI is InChI=1S/C10H14F3NO4/c1-5-17-7(15)6(10(11,12)13)14-8(16)18-9(2,3)4/h5H2,1-4H3. The average molecular weight is 269 g/mol. The maximum Gasteiger partial charge on any atom is 0.440 e. The van der Waals surface area contributed by atoms with Crippen LogP contribution in [0.4, 0.5) is 18.0 Å².